The van der Waals surface area contributed by atoms with Crippen LogP contribution in [0.1, 0.15) is 12.5 Å². The Morgan fingerprint density at radius 3 is 2.39 bits per heavy atom. The second kappa shape index (κ2) is 10.6. The molecule has 1 aromatic heterocycles. The number of nitrogens with zero attached hydrogens (tertiary/aromatic N) is 1. The highest BCUT2D eigenvalue weighted by Gasteiger charge is 2.24. The third kappa shape index (κ3) is 5.99. The predicted octanol–water partition coefficient (Wildman–Crippen LogP) is 5.61. The van der Waals surface area contributed by atoms with Crippen LogP contribution in [-0.2, 0) is 11.3 Å². The maximum atomic E-state index is 12.7. The minimum atomic E-state index is -0.901. The highest BCUT2D eigenvalue weighted by Crippen LogP contribution is 2.28. The molecule has 0 spiro atoms. The van der Waals surface area contributed by atoms with E-state index in [2.05, 4.69) is 39.9 Å². The van der Waals surface area contributed by atoms with E-state index in [-0.39, 0.29) is 5.91 Å². The van der Waals surface area contributed by atoms with Gasteiger partial charge in [0, 0.05) is 22.5 Å². The third-order valence-corrected chi connectivity index (χ3v) is 6.20. The Morgan fingerprint density at radius 1 is 1.00 bits per heavy atom. The number of amides is 1. The van der Waals surface area contributed by atoms with E-state index < -0.39 is 12.1 Å². The summed E-state index contributed by atoms with van der Waals surface area (Å²) < 4.78 is 0. The van der Waals surface area contributed by atoms with E-state index in [1.807, 2.05) is 47.8 Å². The van der Waals surface area contributed by atoms with Crippen molar-refractivity contribution >= 4 is 34.0 Å². The number of nitrogens with one attached hydrogen (secondary N) is 2. The van der Waals surface area contributed by atoms with Crippen molar-refractivity contribution in [1.82, 2.24) is 10.3 Å². The number of anilines is 1. The van der Waals surface area contributed by atoms with Crippen LogP contribution in [0.25, 0.3) is 22.4 Å². The van der Waals surface area contributed by atoms with Gasteiger partial charge in [0.1, 0.15) is 6.04 Å². The molecule has 0 radical (unpaired) electrons. The van der Waals surface area contributed by atoms with E-state index in [9.17, 15) is 9.90 Å². The summed E-state index contributed by atoms with van der Waals surface area (Å²) in [5.74, 6) is -0.311. The number of rotatable bonds is 8. The van der Waals surface area contributed by atoms with E-state index in [1.54, 1.807) is 19.1 Å². The van der Waals surface area contributed by atoms with Crippen molar-refractivity contribution in [2.45, 2.75) is 25.6 Å². The van der Waals surface area contributed by atoms with Crippen molar-refractivity contribution in [3.63, 3.8) is 0 Å². The van der Waals surface area contributed by atoms with Gasteiger partial charge in [-0.3, -0.25) is 4.79 Å². The van der Waals surface area contributed by atoms with Gasteiger partial charge >= 0.3 is 0 Å². The molecule has 33 heavy (non-hydrogen) atoms. The number of aliphatic hydroxyl groups is 1. The van der Waals surface area contributed by atoms with E-state index in [4.69, 9.17) is 11.6 Å². The first-order valence-corrected chi connectivity index (χ1v) is 11.8. The molecular formula is C26H24ClN3O2S. The smallest absolute Gasteiger partial charge is 0.245 e. The van der Waals surface area contributed by atoms with Crippen LogP contribution >= 0.6 is 22.9 Å². The largest absolute Gasteiger partial charge is 0.391 e. The van der Waals surface area contributed by atoms with E-state index >= 15 is 0 Å². The molecule has 2 atom stereocenters. The zero-order valence-corrected chi connectivity index (χ0v) is 19.6. The van der Waals surface area contributed by atoms with Crippen LogP contribution in [0.3, 0.4) is 0 Å². The molecule has 168 valence electrons. The summed E-state index contributed by atoms with van der Waals surface area (Å²) in [6.45, 7) is 1.90. The highest BCUT2D eigenvalue weighted by molar-refractivity contribution is 7.14. The number of hydrogen-bond donors (Lipinski definition) is 3. The Kier molecular flexibility index (Phi) is 7.40. The lowest BCUT2D eigenvalue weighted by Crippen LogP contribution is -2.45. The summed E-state index contributed by atoms with van der Waals surface area (Å²) in [7, 11) is 0. The predicted molar refractivity (Wildman–Crippen MR) is 135 cm³/mol. The van der Waals surface area contributed by atoms with E-state index in [1.165, 1.54) is 11.3 Å². The minimum absolute atomic E-state index is 0.311. The summed E-state index contributed by atoms with van der Waals surface area (Å²) >= 11 is 7.39. The molecule has 1 heterocycles. The average molecular weight is 478 g/mol. The summed E-state index contributed by atoms with van der Waals surface area (Å²) in [4.78, 5) is 17.3. The fourth-order valence-corrected chi connectivity index (χ4v) is 4.39. The van der Waals surface area contributed by atoms with Gasteiger partial charge in [0.05, 0.1) is 11.8 Å². The summed E-state index contributed by atoms with van der Waals surface area (Å²) in [6.07, 6.45) is -0.901. The molecule has 0 aliphatic carbocycles. The molecule has 0 unspecified atom stereocenters. The number of thiazole rings is 1. The first kappa shape index (κ1) is 23.0. The molecule has 4 aromatic rings. The second-order valence-corrected chi connectivity index (χ2v) is 8.99. The van der Waals surface area contributed by atoms with Crippen molar-refractivity contribution in [2.24, 2.45) is 0 Å². The number of carbonyl (C=O) groups excluding carboxylic acids is 1. The quantitative estimate of drug-likeness (QED) is 0.308. The van der Waals surface area contributed by atoms with Crippen LogP contribution in [0.15, 0.2) is 84.2 Å². The van der Waals surface area contributed by atoms with Crippen molar-refractivity contribution in [2.75, 3.05) is 5.32 Å². The Balaban J connectivity index is 1.41. The maximum absolute atomic E-state index is 12.7. The fraction of sp³-hybridized carbons (Fsp3) is 0.154. The highest BCUT2D eigenvalue weighted by atomic mass is 35.5. The molecule has 3 aromatic carbocycles. The zero-order valence-electron chi connectivity index (χ0n) is 18.0. The molecule has 1 amide bonds. The Bertz CT molecular complexity index is 1210. The molecule has 5 nitrogen and oxygen atoms in total. The molecule has 0 fully saturated rings. The SMILES string of the molecule is C[C@@H](O)[C@H](Nc1nc(-c2ccc(-c3ccccc3)cc2)cs1)C(=O)NCc1cccc(Cl)c1. The number of benzene rings is 3. The fourth-order valence-electron chi connectivity index (χ4n) is 3.42. The average Bonchev–Trinajstić information content (AvgIpc) is 3.30. The number of hydrogen-bond acceptors (Lipinski definition) is 5. The van der Waals surface area contributed by atoms with Gasteiger partial charge in [-0.1, -0.05) is 78.3 Å². The molecule has 7 heteroatoms. The standard InChI is InChI=1S/C26H24ClN3O2S/c1-17(31)24(25(32)28-15-18-6-5-9-22(27)14-18)30-26-29-23(16-33-26)21-12-10-20(11-13-21)19-7-3-2-4-8-19/h2-14,16-17,24,31H,15H2,1H3,(H,28,32)(H,29,30)/t17-,24+/m1/s1. The second-order valence-electron chi connectivity index (χ2n) is 7.69. The molecule has 0 aliphatic heterocycles. The lowest BCUT2D eigenvalue weighted by Gasteiger charge is -2.20. The van der Waals surface area contributed by atoms with Crippen LogP contribution in [0, 0.1) is 0 Å². The van der Waals surface area contributed by atoms with E-state index in [0.717, 1.165) is 27.9 Å². The van der Waals surface area contributed by atoms with Crippen molar-refractivity contribution in [1.29, 1.82) is 0 Å². The molecule has 0 bridgehead atoms. The van der Waals surface area contributed by atoms with Crippen molar-refractivity contribution in [3.05, 3.63) is 94.8 Å². The Labute approximate surface area is 202 Å². The van der Waals surface area contributed by atoms with Crippen LogP contribution in [-0.4, -0.2) is 28.1 Å². The lowest BCUT2D eigenvalue weighted by molar-refractivity contribution is -0.123. The maximum Gasteiger partial charge on any atom is 0.245 e. The summed E-state index contributed by atoms with van der Waals surface area (Å²) in [6, 6.07) is 24.9. The van der Waals surface area contributed by atoms with Crippen molar-refractivity contribution in [3.8, 4) is 22.4 Å². The van der Waals surface area contributed by atoms with Gasteiger partial charge in [0.15, 0.2) is 5.13 Å². The van der Waals surface area contributed by atoms with Crippen LogP contribution in [0.5, 0.6) is 0 Å². The molecule has 0 saturated carbocycles. The van der Waals surface area contributed by atoms with Gasteiger partial charge < -0.3 is 15.7 Å². The number of aliphatic hydroxyl groups excluding tert-OH is 1. The van der Waals surface area contributed by atoms with Crippen molar-refractivity contribution < 1.29 is 9.90 Å². The van der Waals surface area contributed by atoms with Gasteiger partial charge in [-0.15, -0.1) is 11.3 Å². The van der Waals surface area contributed by atoms with Crippen LogP contribution < -0.4 is 10.6 Å². The van der Waals surface area contributed by atoms with Gasteiger partial charge in [-0.25, -0.2) is 4.98 Å². The Hall–Kier alpha value is -3.19. The number of halogens is 1. The molecule has 3 N–H and O–H groups in total. The lowest BCUT2D eigenvalue weighted by atomic mass is 10.0. The summed E-state index contributed by atoms with van der Waals surface area (Å²) in [5.41, 5.74) is 4.98. The zero-order chi connectivity index (χ0) is 23.2. The van der Waals surface area contributed by atoms with Gasteiger partial charge in [-0.05, 0) is 35.7 Å². The monoisotopic (exact) mass is 477 g/mol. The van der Waals surface area contributed by atoms with Gasteiger partial charge in [0.25, 0.3) is 0 Å². The van der Waals surface area contributed by atoms with E-state index in [0.29, 0.717) is 16.7 Å². The summed E-state index contributed by atoms with van der Waals surface area (Å²) in [5, 5.41) is 19.2. The molecular weight excluding hydrogens is 454 g/mol. The van der Waals surface area contributed by atoms with Crippen LogP contribution in [0.2, 0.25) is 5.02 Å². The third-order valence-electron chi connectivity index (χ3n) is 5.19. The number of carbonyl (C=O) groups is 1. The van der Waals surface area contributed by atoms with Crippen LogP contribution in [0.4, 0.5) is 5.13 Å². The molecule has 0 aliphatic rings. The first-order valence-electron chi connectivity index (χ1n) is 10.6. The van der Waals surface area contributed by atoms with Gasteiger partial charge in [0.2, 0.25) is 5.91 Å². The molecule has 0 saturated heterocycles. The normalized spacial score (nSPS) is 12.7. The molecule has 4 rings (SSSR count). The van der Waals surface area contributed by atoms with Gasteiger partial charge in [-0.2, -0.15) is 0 Å². The minimum Gasteiger partial charge on any atom is -0.391 e. The Morgan fingerprint density at radius 2 is 1.70 bits per heavy atom. The first-order chi connectivity index (χ1) is 16.0. The number of aromatic nitrogens is 1. The topological polar surface area (TPSA) is 74.2 Å².